The summed E-state index contributed by atoms with van der Waals surface area (Å²) in [5.74, 6) is 0. The maximum Gasteiger partial charge on any atom is 0.0794 e. The first-order chi connectivity index (χ1) is 7.16. The molecule has 0 bridgehead atoms. The molecule has 2 heteroatoms. The van der Waals surface area contributed by atoms with Gasteiger partial charge in [0.1, 0.15) is 0 Å². The monoisotopic (exact) mass is 221 g/mol. The van der Waals surface area contributed by atoms with Crippen molar-refractivity contribution in [3.8, 4) is 0 Å². The molecule has 1 aromatic carbocycles. The van der Waals surface area contributed by atoms with Gasteiger partial charge in [-0.1, -0.05) is 30.7 Å². The molecule has 2 rings (SSSR count). The number of hydrogen-bond acceptors (Lipinski definition) is 2. The van der Waals surface area contributed by atoms with Gasteiger partial charge in [-0.05, 0) is 37.9 Å². The minimum Gasteiger partial charge on any atom is -0.302 e. The van der Waals surface area contributed by atoms with Gasteiger partial charge in [-0.25, -0.2) is 0 Å². The molecule has 0 radical (unpaired) electrons. The quantitative estimate of drug-likeness (QED) is 0.780. The first kappa shape index (κ1) is 11.0. The molecule has 1 fully saturated rings. The largest absolute Gasteiger partial charge is 0.302 e. The Bertz CT molecular complexity index is 348. The first-order valence-electron chi connectivity index (χ1n) is 5.63. The molecule has 0 aliphatic carbocycles. The molecule has 2 unspecified atom stereocenters. The molecule has 0 saturated carbocycles. The van der Waals surface area contributed by atoms with Crippen LogP contribution in [-0.4, -0.2) is 11.8 Å². The minimum atomic E-state index is 0.494. The van der Waals surface area contributed by atoms with Crippen LogP contribution >= 0.6 is 11.8 Å². The first-order valence-corrected chi connectivity index (χ1v) is 6.57. The van der Waals surface area contributed by atoms with Crippen LogP contribution in [0.5, 0.6) is 0 Å². The fourth-order valence-electron chi connectivity index (χ4n) is 1.99. The van der Waals surface area contributed by atoms with Crippen LogP contribution in [0.25, 0.3) is 0 Å². The summed E-state index contributed by atoms with van der Waals surface area (Å²) in [4.78, 5) is 0. The Morgan fingerprint density at radius 1 is 1.33 bits per heavy atom. The van der Waals surface area contributed by atoms with Crippen molar-refractivity contribution >= 4 is 11.8 Å². The fourth-order valence-corrected chi connectivity index (χ4v) is 3.32. The van der Waals surface area contributed by atoms with Crippen LogP contribution in [0.2, 0.25) is 0 Å². The third-order valence-electron chi connectivity index (χ3n) is 2.97. The minimum absolute atomic E-state index is 0.494. The summed E-state index contributed by atoms with van der Waals surface area (Å²) in [7, 11) is 0. The van der Waals surface area contributed by atoms with Crippen LogP contribution in [0.1, 0.15) is 35.4 Å². The average Bonchev–Trinajstić information content (AvgIpc) is 2.22. The van der Waals surface area contributed by atoms with E-state index in [0.29, 0.717) is 5.37 Å². The molecule has 1 N–H and O–H groups in total. The highest BCUT2D eigenvalue weighted by atomic mass is 32.2. The summed E-state index contributed by atoms with van der Waals surface area (Å²) in [6, 6.07) is 6.74. The topological polar surface area (TPSA) is 12.0 Å². The Morgan fingerprint density at radius 2 is 2.13 bits per heavy atom. The van der Waals surface area contributed by atoms with E-state index in [1.54, 1.807) is 0 Å². The van der Waals surface area contributed by atoms with Gasteiger partial charge in [0.25, 0.3) is 0 Å². The Hall–Kier alpha value is -0.470. The van der Waals surface area contributed by atoms with Gasteiger partial charge in [0.2, 0.25) is 0 Å². The van der Waals surface area contributed by atoms with Gasteiger partial charge in [0, 0.05) is 5.25 Å². The van der Waals surface area contributed by atoms with Crippen LogP contribution in [0.4, 0.5) is 0 Å². The Balaban J connectivity index is 2.24. The lowest BCUT2D eigenvalue weighted by Crippen LogP contribution is -2.29. The maximum atomic E-state index is 3.60. The second kappa shape index (κ2) is 4.58. The van der Waals surface area contributed by atoms with Crippen LogP contribution in [0.3, 0.4) is 0 Å². The molecule has 1 saturated heterocycles. The number of hydrogen-bond donors (Lipinski definition) is 1. The number of aryl methyl sites for hydroxylation is 2. The van der Waals surface area contributed by atoms with E-state index >= 15 is 0 Å². The SMILES string of the molecule is Cc1ccc(C)c(C2NCCC(C)S2)c1. The summed E-state index contributed by atoms with van der Waals surface area (Å²) in [6.45, 7) is 7.84. The van der Waals surface area contributed by atoms with Crippen LogP contribution < -0.4 is 5.32 Å². The molecule has 0 amide bonds. The summed E-state index contributed by atoms with van der Waals surface area (Å²) < 4.78 is 0. The second-order valence-electron chi connectivity index (χ2n) is 4.43. The highest BCUT2D eigenvalue weighted by Crippen LogP contribution is 2.35. The Labute approximate surface area is 96.7 Å². The lowest BCUT2D eigenvalue weighted by molar-refractivity contribution is 0.603. The molecule has 1 heterocycles. The number of thioether (sulfide) groups is 1. The van der Waals surface area contributed by atoms with Crippen molar-refractivity contribution in [3.63, 3.8) is 0 Å². The summed E-state index contributed by atoms with van der Waals surface area (Å²) >= 11 is 2.05. The second-order valence-corrected chi connectivity index (χ2v) is 5.98. The molecule has 1 aliphatic rings. The van der Waals surface area contributed by atoms with Crippen molar-refractivity contribution in [1.82, 2.24) is 5.32 Å². The molecular weight excluding hydrogens is 202 g/mol. The standard InChI is InChI=1S/C13H19NS/c1-9-4-5-10(2)12(8-9)13-14-7-6-11(3)15-13/h4-5,8,11,13-14H,6-7H2,1-3H3. The third-order valence-corrected chi connectivity index (χ3v) is 4.36. The van der Waals surface area contributed by atoms with Gasteiger partial charge in [-0.3, -0.25) is 0 Å². The lowest BCUT2D eigenvalue weighted by Gasteiger charge is -2.29. The molecule has 0 spiro atoms. The van der Waals surface area contributed by atoms with E-state index in [4.69, 9.17) is 0 Å². The van der Waals surface area contributed by atoms with E-state index in [1.807, 2.05) is 0 Å². The fraction of sp³-hybridized carbons (Fsp3) is 0.538. The molecule has 82 valence electrons. The zero-order valence-electron chi connectivity index (χ0n) is 9.71. The normalized spacial score (nSPS) is 26.6. The predicted molar refractivity (Wildman–Crippen MR) is 68.3 cm³/mol. The average molecular weight is 221 g/mol. The summed E-state index contributed by atoms with van der Waals surface area (Å²) in [5, 5.41) is 4.87. The van der Waals surface area contributed by atoms with Crippen molar-refractivity contribution in [3.05, 3.63) is 34.9 Å². The predicted octanol–water partition coefficient (Wildman–Crippen LogP) is 3.42. The van der Waals surface area contributed by atoms with Crippen molar-refractivity contribution in [2.24, 2.45) is 0 Å². The van der Waals surface area contributed by atoms with Gasteiger partial charge < -0.3 is 5.32 Å². The highest BCUT2D eigenvalue weighted by molar-refractivity contribution is 8.00. The van der Waals surface area contributed by atoms with E-state index in [-0.39, 0.29) is 0 Å². The van der Waals surface area contributed by atoms with Gasteiger partial charge in [0.15, 0.2) is 0 Å². The van der Waals surface area contributed by atoms with Crippen molar-refractivity contribution in [1.29, 1.82) is 0 Å². The van der Waals surface area contributed by atoms with Crippen molar-refractivity contribution < 1.29 is 0 Å². The molecule has 1 aliphatic heterocycles. The molecule has 15 heavy (non-hydrogen) atoms. The van der Waals surface area contributed by atoms with Crippen LogP contribution in [0.15, 0.2) is 18.2 Å². The van der Waals surface area contributed by atoms with E-state index in [1.165, 1.54) is 23.1 Å². The molecule has 0 aromatic heterocycles. The zero-order valence-corrected chi connectivity index (χ0v) is 10.5. The van der Waals surface area contributed by atoms with Crippen LogP contribution in [-0.2, 0) is 0 Å². The smallest absolute Gasteiger partial charge is 0.0794 e. The molecule has 1 nitrogen and oxygen atoms in total. The van der Waals surface area contributed by atoms with Gasteiger partial charge >= 0.3 is 0 Å². The summed E-state index contributed by atoms with van der Waals surface area (Å²) in [6.07, 6.45) is 1.28. The number of nitrogens with one attached hydrogen (secondary N) is 1. The molecule has 1 aromatic rings. The van der Waals surface area contributed by atoms with Gasteiger partial charge in [-0.2, -0.15) is 0 Å². The van der Waals surface area contributed by atoms with Gasteiger partial charge in [-0.15, -0.1) is 11.8 Å². The lowest BCUT2D eigenvalue weighted by atomic mass is 10.1. The van der Waals surface area contributed by atoms with Gasteiger partial charge in [0.05, 0.1) is 5.37 Å². The molecule has 2 atom stereocenters. The highest BCUT2D eigenvalue weighted by Gasteiger charge is 2.21. The number of benzene rings is 1. The number of rotatable bonds is 1. The van der Waals surface area contributed by atoms with E-state index in [2.05, 4.69) is 56.0 Å². The zero-order chi connectivity index (χ0) is 10.8. The van der Waals surface area contributed by atoms with E-state index in [9.17, 15) is 0 Å². The Kier molecular flexibility index (Phi) is 3.37. The van der Waals surface area contributed by atoms with Crippen LogP contribution in [0, 0.1) is 13.8 Å². The van der Waals surface area contributed by atoms with E-state index < -0.39 is 0 Å². The third kappa shape index (κ3) is 2.56. The molecular formula is C13H19NS. The van der Waals surface area contributed by atoms with Crippen molar-refractivity contribution in [2.75, 3.05) is 6.54 Å². The summed E-state index contributed by atoms with van der Waals surface area (Å²) in [5.41, 5.74) is 4.22. The Morgan fingerprint density at radius 3 is 2.87 bits per heavy atom. The van der Waals surface area contributed by atoms with Crippen molar-refractivity contribution in [2.45, 2.75) is 37.8 Å². The maximum absolute atomic E-state index is 3.60. The van der Waals surface area contributed by atoms with E-state index in [0.717, 1.165) is 11.8 Å².